The third-order valence-corrected chi connectivity index (χ3v) is 3.94. The van der Waals surface area contributed by atoms with Gasteiger partial charge < -0.3 is 9.80 Å². The van der Waals surface area contributed by atoms with Crippen molar-refractivity contribution in [1.29, 1.82) is 0 Å². The van der Waals surface area contributed by atoms with Gasteiger partial charge in [0.1, 0.15) is 0 Å². The molecule has 2 fully saturated rings. The van der Waals surface area contributed by atoms with E-state index in [4.69, 9.17) is 0 Å². The zero-order valence-corrected chi connectivity index (χ0v) is 9.69. The number of hydrogen-bond acceptors (Lipinski definition) is 2. The summed E-state index contributed by atoms with van der Waals surface area (Å²) in [5.74, 6) is 0. The Bertz CT molecular complexity index is 214. The number of amides is 1. The van der Waals surface area contributed by atoms with Crippen molar-refractivity contribution < 1.29 is 4.79 Å². The fourth-order valence-corrected chi connectivity index (χ4v) is 2.94. The van der Waals surface area contributed by atoms with Crippen LogP contribution in [0.2, 0.25) is 0 Å². The highest BCUT2D eigenvalue weighted by atomic mass is 16.1. The maximum Gasteiger partial charge on any atom is 0.209 e. The van der Waals surface area contributed by atoms with E-state index in [2.05, 4.69) is 11.8 Å². The van der Waals surface area contributed by atoms with Crippen LogP contribution < -0.4 is 0 Å². The lowest BCUT2D eigenvalue weighted by atomic mass is 9.95. The summed E-state index contributed by atoms with van der Waals surface area (Å²) >= 11 is 0. The van der Waals surface area contributed by atoms with Crippen molar-refractivity contribution in [3.63, 3.8) is 0 Å². The molecule has 3 heteroatoms. The molecule has 2 rings (SSSR count). The first kappa shape index (κ1) is 10.9. The molecule has 2 aliphatic rings. The minimum absolute atomic E-state index is 0.433. The molecule has 0 aromatic heterocycles. The second-order valence-electron chi connectivity index (χ2n) is 4.97. The summed E-state index contributed by atoms with van der Waals surface area (Å²) in [4.78, 5) is 15.4. The Morgan fingerprint density at radius 3 is 2.47 bits per heavy atom. The molecule has 2 saturated heterocycles. The molecule has 2 atom stereocenters. The minimum Gasteiger partial charge on any atom is -0.342 e. The van der Waals surface area contributed by atoms with E-state index >= 15 is 0 Å². The number of nitrogens with zero attached hydrogens (tertiary/aromatic N) is 2. The molecule has 3 nitrogen and oxygen atoms in total. The van der Waals surface area contributed by atoms with Crippen LogP contribution in [0.5, 0.6) is 0 Å². The van der Waals surface area contributed by atoms with Crippen molar-refractivity contribution in [2.24, 2.45) is 0 Å². The molecule has 1 amide bonds. The number of carbonyl (C=O) groups is 1. The van der Waals surface area contributed by atoms with Crippen molar-refractivity contribution in [1.82, 2.24) is 9.80 Å². The van der Waals surface area contributed by atoms with E-state index in [1.807, 2.05) is 4.90 Å². The molecule has 0 aliphatic carbocycles. The molecule has 0 spiro atoms. The van der Waals surface area contributed by atoms with E-state index in [1.54, 1.807) is 0 Å². The van der Waals surface area contributed by atoms with Gasteiger partial charge >= 0.3 is 0 Å². The zero-order chi connectivity index (χ0) is 10.7. The number of hydrogen-bond donors (Lipinski definition) is 0. The summed E-state index contributed by atoms with van der Waals surface area (Å²) < 4.78 is 0. The van der Waals surface area contributed by atoms with Gasteiger partial charge in [0.25, 0.3) is 0 Å². The number of carbonyl (C=O) groups excluding carboxylic acids is 1. The molecule has 0 N–H and O–H groups in total. The molecule has 0 saturated carbocycles. The van der Waals surface area contributed by atoms with Crippen molar-refractivity contribution in [2.75, 3.05) is 19.6 Å². The van der Waals surface area contributed by atoms with E-state index in [-0.39, 0.29) is 0 Å². The second kappa shape index (κ2) is 4.97. The third kappa shape index (κ3) is 2.51. The Hall–Kier alpha value is -0.570. The molecule has 86 valence electrons. The molecule has 0 aromatic rings. The van der Waals surface area contributed by atoms with Crippen LogP contribution in [0.15, 0.2) is 0 Å². The van der Waals surface area contributed by atoms with Crippen molar-refractivity contribution in [3.05, 3.63) is 0 Å². The van der Waals surface area contributed by atoms with Gasteiger partial charge in [0.2, 0.25) is 6.41 Å². The van der Waals surface area contributed by atoms with Gasteiger partial charge in [-0.2, -0.15) is 0 Å². The highest BCUT2D eigenvalue weighted by Crippen LogP contribution is 2.23. The Balaban J connectivity index is 1.86. The normalized spacial score (nSPS) is 34.1. The third-order valence-electron chi connectivity index (χ3n) is 3.94. The van der Waals surface area contributed by atoms with E-state index in [1.165, 1.54) is 45.2 Å². The molecule has 15 heavy (non-hydrogen) atoms. The topological polar surface area (TPSA) is 23.6 Å². The van der Waals surface area contributed by atoms with Crippen molar-refractivity contribution in [3.8, 4) is 0 Å². The van der Waals surface area contributed by atoms with E-state index < -0.39 is 0 Å². The molecular weight excluding hydrogens is 188 g/mol. The standard InChI is InChI=1S/C12H22N2O/c1-11-9-12(5-8-14(11)10-15)13-6-3-2-4-7-13/h10-12H,2-9H2,1H3. The minimum atomic E-state index is 0.433. The summed E-state index contributed by atoms with van der Waals surface area (Å²) in [5, 5.41) is 0. The van der Waals surface area contributed by atoms with Gasteiger partial charge in [-0.3, -0.25) is 4.79 Å². The van der Waals surface area contributed by atoms with Gasteiger partial charge in [-0.25, -0.2) is 0 Å². The average molecular weight is 210 g/mol. The van der Waals surface area contributed by atoms with Gasteiger partial charge in [0.15, 0.2) is 0 Å². The van der Waals surface area contributed by atoms with Gasteiger partial charge in [0.05, 0.1) is 0 Å². The second-order valence-corrected chi connectivity index (χ2v) is 4.97. The molecule has 2 heterocycles. The zero-order valence-electron chi connectivity index (χ0n) is 9.69. The summed E-state index contributed by atoms with van der Waals surface area (Å²) in [6.45, 7) is 5.67. The van der Waals surface area contributed by atoms with Crippen LogP contribution in [-0.4, -0.2) is 47.9 Å². The molecular formula is C12H22N2O. The van der Waals surface area contributed by atoms with Crippen molar-refractivity contribution >= 4 is 6.41 Å². The van der Waals surface area contributed by atoms with Gasteiger partial charge in [-0.15, -0.1) is 0 Å². The first-order valence-corrected chi connectivity index (χ1v) is 6.26. The predicted octanol–water partition coefficient (Wildman–Crippen LogP) is 1.48. The summed E-state index contributed by atoms with van der Waals surface area (Å²) in [6.07, 6.45) is 7.47. The number of likely N-dealkylation sites (tertiary alicyclic amines) is 2. The van der Waals surface area contributed by atoms with Crippen LogP contribution in [0.1, 0.15) is 39.0 Å². The van der Waals surface area contributed by atoms with Crippen LogP contribution in [0.3, 0.4) is 0 Å². The monoisotopic (exact) mass is 210 g/mol. The van der Waals surface area contributed by atoms with E-state index in [9.17, 15) is 4.79 Å². The first-order valence-electron chi connectivity index (χ1n) is 6.26. The smallest absolute Gasteiger partial charge is 0.209 e. The van der Waals surface area contributed by atoms with Crippen LogP contribution in [-0.2, 0) is 4.79 Å². The summed E-state index contributed by atoms with van der Waals surface area (Å²) in [7, 11) is 0. The Morgan fingerprint density at radius 1 is 1.13 bits per heavy atom. The molecule has 2 unspecified atom stereocenters. The first-order chi connectivity index (χ1) is 7.31. The number of piperidine rings is 2. The van der Waals surface area contributed by atoms with Gasteiger partial charge in [-0.05, 0) is 45.7 Å². The van der Waals surface area contributed by atoms with E-state index in [0.29, 0.717) is 6.04 Å². The Kier molecular flexibility index (Phi) is 3.62. The average Bonchev–Trinajstić information content (AvgIpc) is 2.30. The van der Waals surface area contributed by atoms with E-state index in [0.717, 1.165) is 19.0 Å². The predicted molar refractivity (Wildman–Crippen MR) is 60.7 cm³/mol. The van der Waals surface area contributed by atoms with Crippen LogP contribution in [0, 0.1) is 0 Å². The maximum absolute atomic E-state index is 10.8. The van der Waals surface area contributed by atoms with Crippen LogP contribution in [0.4, 0.5) is 0 Å². The maximum atomic E-state index is 10.8. The van der Waals surface area contributed by atoms with Crippen LogP contribution in [0.25, 0.3) is 0 Å². The highest BCUT2D eigenvalue weighted by Gasteiger charge is 2.28. The highest BCUT2D eigenvalue weighted by molar-refractivity contribution is 5.47. The van der Waals surface area contributed by atoms with Gasteiger partial charge in [-0.1, -0.05) is 6.42 Å². The molecule has 0 aromatic carbocycles. The molecule has 0 radical (unpaired) electrons. The Morgan fingerprint density at radius 2 is 1.87 bits per heavy atom. The molecule has 2 aliphatic heterocycles. The lowest BCUT2D eigenvalue weighted by Gasteiger charge is -2.42. The lowest BCUT2D eigenvalue weighted by molar-refractivity contribution is -0.122. The SMILES string of the molecule is CC1CC(N2CCCCC2)CCN1C=O. The van der Waals surface area contributed by atoms with Crippen molar-refractivity contribution in [2.45, 2.75) is 51.1 Å². The fraction of sp³-hybridized carbons (Fsp3) is 0.917. The number of rotatable bonds is 2. The fourth-order valence-electron chi connectivity index (χ4n) is 2.94. The van der Waals surface area contributed by atoms with Crippen LogP contribution >= 0.6 is 0 Å². The summed E-state index contributed by atoms with van der Waals surface area (Å²) in [5.41, 5.74) is 0. The lowest BCUT2D eigenvalue weighted by Crippen LogP contribution is -2.49. The summed E-state index contributed by atoms with van der Waals surface area (Å²) in [6, 6.07) is 1.17. The molecule has 0 bridgehead atoms. The Labute approximate surface area is 92.4 Å². The largest absolute Gasteiger partial charge is 0.342 e. The quantitative estimate of drug-likeness (QED) is 0.645. The van der Waals surface area contributed by atoms with Gasteiger partial charge in [0, 0.05) is 18.6 Å².